The minimum absolute atomic E-state index is 0.716. The van der Waals surface area contributed by atoms with Crippen molar-refractivity contribution in [3.05, 3.63) is 24.0 Å². The van der Waals surface area contributed by atoms with E-state index in [9.17, 15) is 0 Å². The van der Waals surface area contributed by atoms with Crippen LogP contribution in [0.3, 0.4) is 0 Å². The Labute approximate surface area is 126 Å². The normalized spacial score (nSPS) is 19.0. The molecule has 1 saturated heterocycles. The number of nitrogens with one attached hydrogen (secondary N) is 1. The first-order valence-electron chi connectivity index (χ1n) is 8.05. The lowest BCUT2D eigenvalue weighted by Gasteiger charge is -2.22. The number of hydrogen-bond donors (Lipinski definition) is 1. The van der Waals surface area contributed by atoms with Crippen LogP contribution in [0.15, 0.2) is 18.2 Å². The van der Waals surface area contributed by atoms with Gasteiger partial charge in [0, 0.05) is 19.0 Å². The number of nitrogens with zero attached hydrogens (tertiary/aromatic N) is 2. The van der Waals surface area contributed by atoms with E-state index in [1.54, 1.807) is 7.11 Å². The van der Waals surface area contributed by atoms with E-state index in [2.05, 4.69) is 22.9 Å². The molecule has 1 aliphatic heterocycles. The average molecular weight is 287 g/mol. The molecule has 1 atom stereocenters. The molecule has 1 aromatic carbocycles. The number of methoxy groups -OCH3 is 1. The average Bonchev–Trinajstić information content (AvgIpc) is 2.85. The van der Waals surface area contributed by atoms with Gasteiger partial charge >= 0.3 is 0 Å². The Hall–Kier alpha value is -1.55. The largest absolute Gasteiger partial charge is 0.497 e. The fourth-order valence-electron chi connectivity index (χ4n) is 3.27. The van der Waals surface area contributed by atoms with Crippen LogP contribution in [-0.4, -0.2) is 29.8 Å². The molecular formula is C17H25N3O. The molecule has 2 heterocycles. The zero-order valence-corrected chi connectivity index (χ0v) is 13.1. The predicted octanol–water partition coefficient (Wildman–Crippen LogP) is 3.00. The zero-order valence-electron chi connectivity index (χ0n) is 13.1. The van der Waals surface area contributed by atoms with E-state index in [1.807, 2.05) is 12.1 Å². The molecule has 0 amide bonds. The number of piperidine rings is 1. The fourth-order valence-corrected chi connectivity index (χ4v) is 3.27. The summed E-state index contributed by atoms with van der Waals surface area (Å²) in [6.45, 7) is 5.55. The first kappa shape index (κ1) is 14.4. The van der Waals surface area contributed by atoms with Gasteiger partial charge < -0.3 is 14.6 Å². The Morgan fingerprint density at radius 3 is 3.05 bits per heavy atom. The van der Waals surface area contributed by atoms with Gasteiger partial charge in [0.25, 0.3) is 0 Å². The van der Waals surface area contributed by atoms with Gasteiger partial charge in [-0.15, -0.1) is 0 Å². The van der Waals surface area contributed by atoms with Gasteiger partial charge in [-0.2, -0.15) is 0 Å². The van der Waals surface area contributed by atoms with Crippen molar-refractivity contribution in [2.45, 2.75) is 39.2 Å². The lowest BCUT2D eigenvalue weighted by Crippen LogP contribution is -2.31. The van der Waals surface area contributed by atoms with E-state index in [0.717, 1.165) is 37.2 Å². The maximum Gasteiger partial charge on any atom is 0.121 e. The van der Waals surface area contributed by atoms with E-state index in [0.29, 0.717) is 5.92 Å². The third-order valence-corrected chi connectivity index (χ3v) is 4.35. The number of aryl methyl sites for hydroxylation is 1. The smallest absolute Gasteiger partial charge is 0.121 e. The molecule has 0 saturated carbocycles. The molecule has 1 fully saturated rings. The summed E-state index contributed by atoms with van der Waals surface area (Å²) in [6.07, 6.45) is 4.80. The van der Waals surface area contributed by atoms with Crippen LogP contribution in [0.1, 0.15) is 32.0 Å². The highest BCUT2D eigenvalue weighted by Gasteiger charge is 2.18. The molecule has 4 heteroatoms. The van der Waals surface area contributed by atoms with Crippen LogP contribution in [0.5, 0.6) is 5.75 Å². The quantitative estimate of drug-likeness (QED) is 0.919. The van der Waals surface area contributed by atoms with Crippen LogP contribution in [-0.2, 0) is 13.0 Å². The molecule has 1 unspecified atom stereocenters. The number of benzene rings is 1. The second-order valence-electron chi connectivity index (χ2n) is 5.95. The molecular weight excluding hydrogens is 262 g/mol. The summed E-state index contributed by atoms with van der Waals surface area (Å²) in [5.74, 6) is 2.83. The van der Waals surface area contributed by atoms with E-state index in [4.69, 9.17) is 9.72 Å². The monoisotopic (exact) mass is 287 g/mol. The van der Waals surface area contributed by atoms with Gasteiger partial charge in [0.1, 0.15) is 11.6 Å². The third-order valence-electron chi connectivity index (χ3n) is 4.35. The van der Waals surface area contributed by atoms with Crippen molar-refractivity contribution in [3.63, 3.8) is 0 Å². The highest BCUT2D eigenvalue weighted by atomic mass is 16.5. The number of rotatable bonds is 5. The molecule has 4 nitrogen and oxygen atoms in total. The van der Waals surface area contributed by atoms with Crippen molar-refractivity contribution < 1.29 is 4.74 Å². The maximum absolute atomic E-state index is 5.32. The van der Waals surface area contributed by atoms with Gasteiger partial charge in [0.05, 0.1) is 18.1 Å². The summed E-state index contributed by atoms with van der Waals surface area (Å²) >= 11 is 0. The molecule has 0 aliphatic carbocycles. The molecule has 1 N–H and O–H groups in total. The predicted molar refractivity (Wildman–Crippen MR) is 85.9 cm³/mol. The van der Waals surface area contributed by atoms with Crippen molar-refractivity contribution in [1.29, 1.82) is 0 Å². The van der Waals surface area contributed by atoms with E-state index in [1.165, 1.54) is 30.7 Å². The number of ether oxygens (including phenoxy) is 1. The maximum atomic E-state index is 5.32. The topological polar surface area (TPSA) is 39.1 Å². The Morgan fingerprint density at radius 1 is 1.43 bits per heavy atom. The molecule has 2 aromatic rings. The second-order valence-corrected chi connectivity index (χ2v) is 5.95. The summed E-state index contributed by atoms with van der Waals surface area (Å²) in [6, 6.07) is 6.21. The Morgan fingerprint density at radius 2 is 2.33 bits per heavy atom. The molecule has 21 heavy (non-hydrogen) atoms. The first-order chi connectivity index (χ1) is 10.3. The van der Waals surface area contributed by atoms with Gasteiger partial charge in [0.2, 0.25) is 0 Å². The second kappa shape index (κ2) is 6.48. The summed E-state index contributed by atoms with van der Waals surface area (Å²) in [7, 11) is 1.71. The van der Waals surface area contributed by atoms with E-state index in [-0.39, 0.29) is 0 Å². The minimum atomic E-state index is 0.716. The van der Waals surface area contributed by atoms with Crippen molar-refractivity contribution in [2.24, 2.45) is 5.92 Å². The standard InChI is InChI=1S/C17H25N3O/c1-3-9-20-16-7-6-14(21-2)11-15(16)19-17(20)10-13-5-4-8-18-12-13/h6-7,11,13,18H,3-5,8-10,12H2,1-2H3. The SMILES string of the molecule is CCCn1c(CC2CCCNC2)nc2cc(OC)ccc21. The van der Waals surface area contributed by atoms with Gasteiger partial charge in [0.15, 0.2) is 0 Å². The Balaban J connectivity index is 1.93. The van der Waals surface area contributed by atoms with Gasteiger partial charge in [-0.1, -0.05) is 6.92 Å². The molecule has 1 aliphatic rings. The summed E-state index contributed by atoms with van der Waals surface area (Å²) in [5.41, 5.74) is 2.29. The zero-order chi connectivity index (χ0) is 14.7. The number of imidazole rings is 1. The third kappa shape index (κ3) is 3.05. The van der Waals surface area contributed by atoms with Crippen molar-refractivity contribution >= 4 is 11.0 Å². The first-order valence-corrected chi connectivity index (χ1v) is 8.05. The highest BCUT2D eigenvalue weighted by Crippen LogP contribution is 2.24. The minimum Gasteiger partial charge on any atom is -0.497 e. The molecule has 3 rings (SSSR count). The Bertz CT molecular complexity index is 599. The van der Waals surface area contributed by atoms with Crippen LogP contribution in [0.25, 0.3) is 11.0 Å². The van der Waals surface area contributed by atoms with Crippen LogP contribution >= 0.6 is 0 Å². The van der Waals surface area contributed by atoms with E-state index >= 15 is 0 Å². The van der Waals surface area contributed by atoms with Gasteiger partial charge in [-0.3, -0.25) is 0 Å². The van der Waals surface area contributed by atoms with Crippen molar-refractivity contribution in [3.8, 4) is 5.75 Å². The van der Waals surface area contributed by atoms with Crippen LogP contribution < -0.4 is 10.1 Å². The number of hydrogen-bond acceptors (Lipinski definition) is 3. The van der Waals surface area contributed by atoms with E-state index < -0.39 is 0 Å². The summed E-state index contributed by atoms with van der Waals surface area (Å²) in [4.78, 5) is 4.89. The lowest BCUT2D eigenvalue weighted by molar-refractivity contribution is 0.366. The molecule has 1 aromatic heterocycles. The molecule has 0 spiro atoms. The molecule has 0 radical (unpaired) electrons. The van der Waals surface area contributed by atoms with Crippen molar-refractivity contribution in [1.82, 2.24) is 14.9 Å². The summed E-state index contributed by atoms with van der Waals surface area (Å²) in [5, 5.41) is 3.50. The Kier molecular flexibility index (Phi) is 4.44. The number of aromatic nitrogens is 2. The van der Waals surface area contributed by atoms with Crippen LogP contribution in [0.4, 0.5) is 0 Å². The van der Waals surface area contributed by atoms with Gasteiger partial charge in [-0.05, 0) is 50.4 Å². The van der Waals surface area contributed by atoms with Crippen molar-refractivity contribution in [2.75, 3.05) is 20.2 Å². The number of fused-ring (bicyclic) bond motifs is 1. The summed E-state index contributed by atoms with van der Waals surface area (Å²) < 4.78 is 7.71. The fraction of sp³-hybridized carbons (Fsp3) is 0.588. The van der Waals surface area contributed by atoms with Crippen LogP contribution in [0.2, 0.25) is 0 Å². The lowest BCUT2D eigenvalue weighted by atomic mass is 9.96. The van der Waals surface area contributed by atoms with Gasteiger partial charge in [-0.25, -0.2) is 4.98 Å². The molecule has 114 valence electrons. The van der Waals surface area contributed by atoms with Crippen LogP contribution in [0, 0.1) is 5.92 Å². The molecule has 0 bridgehead atoms. The highest BCUT2D eigenvalue weighted by molar-refractivity contribution is 5.77.